The fraction of sp³-hybridized carbons (Fsp3) is 0.0800. The maximum absolute atomic E-state index is 12.6. The van der Waals surface area contributed by atoms with Crippen LogP contribution in [0.15, 0.2) is 67.3 Å². The Hall–Kier alpha value is -4.21. The Bertz CT molecular complexity index is 1410. The van der Waals surface area contributed by atoms with Crippen LogP contribution in [0.25, 0.3) is 0 Å². The van der Waals surface area contributed by atoms with Gasteiger partial charge in [0.05, 0.1) is 22.9 Å². The maximum Gasteiger partial charge on any atom is 0.274 e. The molecule has 0 atom stereocenters. The van der Waals surface area contributed by atoms with Crippen LogP contribution in [0.3, 0.4) is 0 Å². The predicted molar refractivity (Wildman–Crippen MR) is 138 cm³/mol. The van der Waals surface area contributed by atoms with Crippen LogP contribution < -0.4 is 20.5 Å². The molecule has 0 unspecified atom stereocenters. The molecule has 0 aliphatic rings. The third-order valence-corrected chi connectivity index (χ3v) is 5.76. The SMILES string of the molecule is COc1ncc(C(=N)c2cc(OCc3c(Cl)cncc3Cl)ccc2N)cc1NC(=O)c1ccccn1. The molecule has 36 heavy (non-hydrogen) atoms. The van der Waals surface area contributed by atoms with Crippen molar-refractivity contribution in [1.29, 1.82) is 5.41 Å². The minimum Gasteiger partial charge on any atom is -0.489 e. The molecule has 4 aromatic rings. The summed E-state index contributed by atoms with van der Waals surface area (Å²) in [5.74, 6) is 0.202. The summed E-state index contributed by atoms with van der Waals surface area (Å²) in [4.78, 5) is 24.8. The molecule has 0 saturated heterocycles. The van der Waals surface area contributed by atoms with Crippen molar-refractivity contribution in [2.24, 2.45) is 0 Å². The fourth-order valence-electron chi connectivity index (χ4n) is 3.25. The number of nitrogens with zero attached hydrogens (tertiary/aromatic N) is 3. The number of methoxy groups -OCH3 is 1. The van der Waals surface area contributed by atoms with Crippen LogP contribution in [0.5, 0.6) is 11.6 Å². The standard InChI is InChI=1S/C25H20Cl2N6O3/c1-35-25-22(33-24(34)21-4-2-3-7-31-21)8-14(10-32-25)23(29)16-9-15(5-6-20(16)28)36-13-17-18(26)11-30-12-19(17)27/h2-12,29H,13,28H2,1H3,(H,33,34). The van der Waals surface area contributed by atoms with Crippen molar-refractivity contribution in [3.63, 3.8) is 0 Å². The number of carbonyl (C=O) groups is 1. The number of hydrogen-bond donors (Lipinski definition) is 3. The van der Waals surface area contributed by atoms with Crippen molar-refractivity contribution >= 4 is 46.2 Å². The minimum absolute atomic E-state index is 0.0708. The first-order chi connectivity index (χ1) is 17.4. The number of nitrogens with one attached hydrogen (secondary N) is 2. The molecule has 4 N–H and O–H groups in total. The van der Waals surface area contributed by atoms with Crippen molar-refractivity contribution in [2.75, 3.05) is 18.2 Å². The van der Waals surface area contributed by atoms with Gasteiger partial charge in [0.2, 0.25) is 5.88 Å². The van der Waals surface area contributed by atoms with Crippen LogP contribution in [0.1, 0.15) is 27.2 Å². The zero-order valence-electron chi connectivity index (χ0n) is 19.0. The summed E-state index contributed by atoms with van der Waals surface area (Å²) < 4.78 is 11.1. The monoisotopic (exact) mass is 522 g/mol. The number of ether oxygens (including phenoxy) is 2. The number of anilines is 2. The number of benzene rings is 1. The topological polar surface area (TPSA) is 136 Å². The molecular weight excluding hydrogens is 503 g/mol. The number of halogens is 2. The number of rotatable bonds is 8. The fourth-order valence-corrected chi connectivity index (χ4v) is 3.73. The normalized spacial score (nSPS) is 10.5. The van der Waals surface area contributed by atoms with Crippen molar-refractivity contribution < 1.29 is 14.3 Å². The second kappa shape index (κ2) is 11.0. The highest BCUT2D eigenvalue weighted by Crippen LogP contribution is 2.29. The lowest BCUT2D eigenvalue weighted by atomic mass is 10.0. The largest absolute Gasteiger partial charge is 0.489 e. The van der Waals surface area contributed by atoms with Gasteiger partial charge in [0.25, 0.3) is 5.91 Å². The van der Waals surface area contributed by atoms with E-state index in [1.54, 1.807) is 42.5 Å². The van der Waals surface area contributed by atoms with Gasteiger partial charge in [-0.2, -0.15) is 0 Å². The number of carbonyl (C=O) groups excluding carboxylic acids is 1. The summed E-state index contributed by atoms with van der Waals surface area (Å²) in [6, 6.07) is 11.5. The number of pyridine rings is 3. The maximum atomic E-state index is 12.6. The van der Waals surface area contributed by atoms with E-state index in [1.807, 2.05) is 0 Å². The van der Waals surface area contributed by atoms with Gasteiger partial charge in [-0.05, 0) is 36.4 Å². The van der Waals surface area contributed by atoms with Gasteiger partial charge in [0.1, 0.15) is 23.7 Å². The first kappa shape index (κ1) is 24.9. The Labute approximate surface area is 216 Å². The first-order valence-corrected chi connectivity index (χ1v) is 11.3. The van der Waals surface area contributed by atoms with Crippen molar-refractivity contribution in [1.82, 2.24) is 15.0 Å². The molecule has 0 aliphatic carbocycles. The van der Waals surface area contributed by atoms with E-state index < -0.39 is 5.91 Å². The van der Waals surface area contributed by atoms with E-state index >= 15 is 0 Å². The quantitative estimate of drug-likeness (QED) is 0.218. The third-order valence-electron chi connectivity index (χ3n) is 5.11. The molecule has 9 nitrogen and oxygen atoms in total. The molecule has 182 valence electrons. The average Bonchev–Trinajstić information content (AvgIpc) is 2.89. The first-order valence-electron chi connectivity index (χ1n) is 10.5. The summed E-state index contributed by atoms with van der Waals surface area (Å²) in [7, 11) is 1.43. The average molecular weight is 523 g/mol. The molecule has 1 amide bonds. The van der Waals surface area contributed by atoms with E-state index in [2.05, 4.69) is 20.3 Å². The van der Waals surface area contributed by atoms with E-state index in [9.17, 15) is 4.79 Å². The van der Waals surface area contributed by atoms with Gasteiger partial charge >= 0.3 is 0 Å². The van der Waals surface area contributed by atoms with Crippen LogP contribution in [0.2, 0.25) is 10.0 Å². The molecule has 4 rings (SSSR count). The van der Waals surface area contributed by atoms with Crippen molar-refractivity contribution in [3.8, 4) is 11.6 Å². The number of amides is 1. The summed E-state index contributed by atoms with van der Waals surface area (Å²) in [5.41, 5.74) is 8.51. The van der Waals surface area contributed by atoms with E-state index in [0.717, 1.165) is 0 Å². The smallest absolute Gasteiger partial charge is 0.274 e. The number of aromatic nitrogens is 3. The Morgan fingerprint density at radius 3 is 2.56 bits per heavy atom. The van der Waals surface area contributed by atoms with Crippen molar-refractivity contribution in [2.45, 2.75) is 6.61 Å². The highest BCUT2D eigenvalue weighted by atomic mass is 35.5. The Morgan fingerprint density at radius 2 is 1.86 bits per heavy atom. The highest BCUT2D eigenvalue weighted by Gasteiger charge is 2.17. The second-order valence-electron chi connectivity index (χ2n) is 7.44. The summed E-state index contributed by atoms with van der Waals surface area (Å²) in [6.45, 7) is 0.102. The van der Waals surface area contributed by atoms with Crippen LogP contribution in [-0.2, 0) is 6.61 Å². The molecule has 3 aromatic heterocycles. The molecule has 3 heterocycles. The minimum atomic E-state index is -0.442. The molecule has 0 radical (unpaired) electrons. The molecule has 0 fully saturated rings. The molecule has 0 spiro atoms. The Kier molecular flexibility index (Phi) is 7.62. The van der Waals surface area contributed by atoms with E-state index in [1.165, 1.54) is 31.9 Å². The molecule has 1 aromatic carbocycles. The second-order valence-corrected chi connectivity index (χ2v) is 8.26. The highest BCUT2D eigenvalue weighted by molar-refractivity contribution is 6.35. The van der Waals surface area contributed by atoms with Gasteiger partial charge in [-0.15, -0.1) is 0 Å². The summed E-state index contributed by atoms with van der Waals surface area (Å²) >= 11 is 12.3. The lowest BCUT2D eigenvalue weighted by molar-refractivity contribution is 0.102. The van der Waals surface area contributed by atoms with Gasteiger partial charge in [0.15, 0.2) is 0 Å². The number of hydrogen-bond acceptors (Lipinski definition) is 8. The Morgan fingerprint density at radius 1 is 1.08 bits per heavy atom. The van der Waals surface area contributed by atoms with Gasteiger partial charge in [-0.25, -0.2) is 4.98 Å². The lowest BCUT2D eigenvalue weighted by Crippen LogP contribution is -2.15. The van der Waals surface area contributed by atoms with Crippen molar-refractivity contribution in [3.05, 3.63) is 99.7 Å². The predicted octanol–water partition coefficient (Wildman–Crippen LogP) is 5.02. The van der Waals surface area contributed by atoms with Gasteiger partial charge < -0.3 is 20.5 Å². The molecule has 0 saturated carbocycles. The lowest BCUT2D eigenvalue weighted by Gasteiger charge is -2.14. The van der Waals surface area contributed by atoms with Gasteiger partial charge in [-0.3, -0.25) is 20.2 Å². The van der Waals surface area contributed by atoms with E-state index in [4.69, 9.17) is 43.8 Å². The number of nitrogen functional groups attached to an aromatic ring is 1. The van der Waals surface area contributed by atoms with Crippen LogP contribution >= 0.6 is 23.2 Å². The van der Waals surface area contributed by atoms with Crippen LogP contribution in [0.4, 0.5) is 11.4 Å². The number of nitrogens with two attached hydrogens (primary N) is 1. The Balaban J connectivity index is 1.58. The summed E-state index contributed by atoms with van der Waals surface area (Å²) in [5, 5.41) is 12.2. The zero-order chi connectivity index (χ0) is 25.7. The molecule has 11 heteroatoms. The van der Waals surface area contributed by atoms with Gasteiger partial charge in [0, 0.05) is 47.2 Å². The molecular formula is C25H20Cl2N6O3. The summed E-state index contributed by atoms with van der Waals surface area (Å²) in [6.07, 6.45) is 5.94. The zero-order valence-corrected chi connectivity index (χ0v) is 20.5. The molecule has 0 bridgehead atoms. The van der Waals surface area contributed by atoms with Gasteiger partial charge in [-0.1, -0.05) is 29.3 Å². The third kappa shape index (κ3) is 5.54. The van der Waals surface area contributed by atoms with Crippen LogP contribution in [0, 0.1) is 5.41 Å². The van der Waals surface area contributed by atoms with Crippen LogP contribution in [-0.4, -0.2) is 33.7 Å². The van der Waals surface area contributed by atoms with E-state index in [-0.39, 0.29) is 29.6 Å². The van der Waals surface area contributed by atoms with E-state index in [0.29, 0.717) is 38.2 Å². The molecule has 0 aliphatic heterocycles.